The van der Waals surface area contributed by atoms with Crippen LogP contribution in [0.4, 0.5) is 5.69 Å². The Kier molecular flexibility index (Phi) is 9.25. The van der Waals surface area contributed by atoms with Crippen molar-refractivity contribution in [1.29, 1.82) is 0 Å². The number of amides is 2. The van der Waals surface area contributed by atoms with Crippen LogP contribution in [-0.4, -0.2) is 60.9 Å². The van der Waals surface area contributed by atoms with Crippen molar-refractivity contribution in [1.82, 2.24) is 15.1 Å². The third kappa shape index (κ3) is 7.67. The van der Waals surface area contributed by atoms with Crippen molar-refractivity contribution in [3.63, 3.8) is 0 Å². The Labute approximate surface area is 204 Å². The monoisotopic (exact) mass is 464 g/mol. The molecule has 6 heteroatoms. The maximum Gasteiger partial charge on any atom is 0.238 e. The van der Waals surface area contributed by atoms with Crippen LogP contribution < -0.4 is 10.6 Å². The molecule has 1 saturated heterocycles. The highest BCUT2D eigenvalue weighted by Gasteiger charge is 2.21. The van der Waals surface area contributed by atoms with Gasteiger partial charge in [0, 0.05) is 31.9 Å². The quantitative estimate of drug-likeness (QED) is 0.590. The number of benzene rings is 2. The molecule has 0 aliphatic carbocycles. The molecule has 1 atom stereocenters. The number of anilines is 1. The van der Waals surface area contributed by atoms with Crippen LogP contribution in [0.3, 0.4) is 0 Å². The van der Waals surface area contributed by atoms with Crippen LogP contribution in [0.5, 0.6) is 0 Å². The largest absolute Gasteiger partial charge is 0.348 e. The summed E-state index contributed by atoms with van der Waals surface area (Å²) < 4.78 is 0. The minimum Gasteiger partial charge on any atom is -0.348 e. The van der Waals surface area contributed by atoms with Gasteiger partial charge in [-0.05, 0) is 61.4 Å². The minimum absolute atomic E-state index is 0.00753. The fourth-order valence-corrected chi connectivity index (χ4v) is 4.37. The standard InChI is InChI=1S/C28H40N4O2/c1-20(2)17-24-9-11-25(12-10-24)23(5)29-27(33)18-31-13-15-32(16-14-31)19-28(34)30-26-8-6-7-21(3)22(26)4/h6-12,20,23H,13-19H2,1-5H3,(H,29,33)(H,30,34). The van der Waals surface area contributed by atoms with E-state index < -0.39 is 0 Å². The summed E-state index contributed by atoms with van der Waals surface area (Å²) in [6.45, 7) is 14.4. The van der Waals surface area contributed by atoms with Gasteiger partial charge in [-0.3, -0.25) is 19.4 Å². The summed E-state index contributed by atoms with van der Waals surface area (Å²) in [5.41, 5.74) is 5.61. The average Bonchev–Trinajstić information content (AvgIpc) is 2.78. The van der Waals surface area contributed by atoms with E-state index in [-0.39, 0.29) is 17.9 Å². The molecule has 2 N–H and O–H groups in total. The second-order valence-corrected chi connectivity index (χ2v) is 9.98. The number of hydrogen-bond acceptors (Lipinski definition) is 4. The van der Waals surface area contributed by atoms with E-state index in [9.17, 15) is 9.59 Å². The van der Waals surface area contributed by atoms with Gasteiger partial charge in [0.1, 0.15) is 0 Å². The molecule has 1 heterocycles. The highest BCUT2D eigenvalue weighted by Crippen LogP contribution is 2.18. The molecule has 1 unspecified atom stereocenters. The predicted octanol–water partition coefficient (Wildman–Crippen LogP) is 3.94. The van der Waals surface area contributed by atoms with E-state index in [2.05, 4.69) is 58.5 Å². The Morgan fingerprint density at radius 3 is 2.03 bits per heavy atom. The van der Waals surface area contributed by atoms with Crippen molar-refractivity contribution in [3.05, 3.63) is 64.7 Å². The molecule has 184 valence electrons. The average molecular weight is 465 g/mol. The minimum atomic E-state index is -0.0179. The summed E-state index contributed by atoms with van der Waals surface area (Å²) in [5, 5.41) is 6.16. The maximum atomic E-state index is 12.6. The summed E-state index contributed by atoms with van der Waals surface area (Å²) in [5.74, 6) is 0.683. The first kappa shape index (κ1) is 25.9. The van der Waals surface area contributed by atoms with Gasteiger partial charge in [0.05, 0.1) is 19.1 Å². The maximum absolute atomic E-state index is 12.6. The first-order chi connectivity index (χ1) is 16.2. The van der Waals surface area contributed by atoms with Gasteiger partial charge in [-0.1, -0.05) is 50.2 Å². The van der Waals surface area contributed by atoms with Gasteiger partial charge in [0.2, 0.25) is 11.8 Å². The Bertz CT molecular complexity index is 963. The summed E-state index contributed by atoms with van der Waals surface area (Å²) in [6.07, 6.45) is 1.07. The fraction of sp³-hybridized carbons (Fsp3) is 0.500. The van der Waals surface area contributed by atoms with Gasteiger partial charge < -0.3 is 10.6 Å². The number of rotatable bonds is 9. The van der Waals surface area contributed by atoms with E-state index in [0.29, 0.717) is 19.0 Å². The molecule has 1 fully saturated rings. The molecule has 0 bridgehead atoms. The number of hydrogen-bond donors (Lipinski definition) is 2. The van der Waals surface area contributed by atoms with E-state index in [0.717, 1.165) is 49.4 Å². The Morgan fingerprint density at radius 1 is 0.853 bits per heavy atom. The van der Waals surface area contributed by atoms with Gasteiger partial charge in [0.25, 0.3) is 0 Å². The van der Waals surface area contributed by atoms with Crippen LogP contribution in [0.1, 0.15) is 49.1 Å². The van der Waals surface area contributed by atoms with Crippen LogP contribution in [-0.2, 0) is 16.0 Å². The Balaban J connectivity index is 1.39. The van der Waals surface area contributed by atoms with Crippen molar-refractivity contribution in [2.24, 2.45) is 5.92 Å². The van der Waals surface area contributed by atoms with Crippen LogP contribution in [0, 0.1) is 19.8 Å². The third-order valence-corrected chi connectivity index (χ3v) is 6.58. The number of piperazine rings is 1. The summed E-state index contributed by atoms with van der Waals surface area (Å²) in [6, 6.07) is 14.5. The Hall–Kier alpha value is -2.70. The van der Waals surface area contributed by atoms with E-state index in [1.165, 1.54) is 11.1 Å². The predicted molar refractivity (Wildman–Crippen MR) is 139 cm³/mol. The van der Waals surface area contributed by atoms with Gasteiger partial charge in [-0.2, -0.15) is 0 Å². The van der Waals surface area contributed by atoms with E-state index in [1.807, 2.05) is 39.0 Å². The summed E-state index contributed by atoms with van der Waals surface area (Å²) in [7, 11) is 0. The van der Waals surface area contributed by atoms with E-state index >= 15 is 0 Å². The Morgan fingerprint density at radius 2 is 1.44 bits per heavy atom. The number of aryl methyl sites for hydroxylation is 1. The lowest BCUT2D eigenvalue weighted by molar-refractivity contribution is -0.124. The third-order valence-electron chi connectivity index (χ3n) is 6.58. The van der Waals surface area contributed by atoms with Crippen molar-refractivity contribution in [2.75, 3.05) is 44.6 Å². The molecule has 3 rings (SSSR count). The van der Waals surface area contributed by atoms with Gasteiger partial charge >= 0.3 is 0 Å². The zero-order chi connectivity index (χ0) is 24.7. The van der Waals surface area contributed by atoms with Gasteiger partial charge in [-0.25, -0.2) is 0 Å². The van der Waals surface area contributed by atoms with Crippen LogP contribution >= 0.6 is 0 Å². The van der Waals surface area contributed by atoms with Crippen LogP contribution in [0.15, 0.2) is 42.5 Å². The van der Waals surface area contributed by atoms with Gasteiger partial charge in [-0.15, -0.1) is 0 Å². The van der Waals surface area contributed by atoms with Gasteiger partial charge in [0.15, 0.2) is 0 Å². The zero-order valence-electron chi connectivity index (χ0n) is 21.4. The molecular formula is C28H40N4O2. The van der Waals surface area contributed by atoms with Crippen LogP contribution in [0.2, 0.25) is 0 Å². The number of nitrogens with one attached hydrogen (secondary N) is 2. The molecular weight excluding hydrogens is 424 g/mol. The molecule has 2 amide bonds. The van der Waals surface area contributed by atoms with Crippen molar-refractivity contribution < 1.29 is 9.59 Å². The lowest BCUT2D eigenvalue weighted by atomic mass is 10.00. The highest BCUT2D eigenvalue weighted by molar-refractivity contribution is 5.93. The molecule has 2 aromatic carbocycles. The molecule has 0 spiro atoms. The normalized spacial score (nSPS) is 15.8. The second kappa shape index (κ2) is 12.1. The molecule has 0 aromatic heterocycles. The van der Waals surface area contributed by atoms with E-state index in [1.54, 1.807) is 0 Å². The molecule has 0 saturated carbocycles. The van der Waals surface area contributed by atoms with Crippen LogP contribution in [0.25, 0.3) is 0 Å². The van der Waals surface area contributed by atoms with E-state index in [4.69, 9.17) is 0 Å². The van der Waals surface area contributed by atoms with Crippen molar-refractivity contribution in [2.45, 2.75) is 47.1 Å². The SMILES string of the molecule is Cc1cccc(NC(=O)CN2CCN(CC(=O)NC(C)c3ccc(CC(C)C)cc3)CC2)c1C. The first-order valence-electron chi connectivity index (χ1n) is 12.4. The van der Waals surface area contributed by atoms with Crippen molar-refractivity contribution >= 4 is 17.5 Å². The smallest absolute Gasteiger partial charge is 0.238 e. The lowest BCUT2D eigenvalue weighted by Gasteiger charge is -2.34. The molecule has 6 nitrogen and oxygen atoms in total. The summed E-state index contributed by atoms with van der Waals surface area (Å²) >= 11 is 0. The summed E-state index contributed by atoms with van der Waals surface area (Å²) in [4.78, 5) is 29.4. The first-order valence-corrected chi connectivity index (χ1v) is 12.4. The number of carbonyl (C=O) groups excluding carboxylic acids is 2. The topological polar surface area (TPSA) is 64.7 Å². The zero-order valence-corrected chi connectivity index (χ0v) is 21.4. The number of carbonyl (C=O) groups is 2. The molecule has 0 radical (unpaired) electrons. The second-order valence-electron chi connectivity index (χ2n) is 9.98. The fourth-order valence-electron chi connectivity index (χ4n) is 4.37. The molecule has 2 aromatic rings. The highest BCUT2D eigenvalue weighted by atomic mass is 16.2. The molecule has 1 aliphatic heterocycles. The molecule has 34 heavy (non-hydrogen) atoms. The lowest BCUT2D eigenvalue weighted by Crippen LogP contribution is -2.51. The molecule has 1 aliphatic rings. The number of nitrogens with zero attached hydrogens (tertiary/aromatic N) is 2. The van der Waals surface area contributed by atoms with Crippen molar-refractivity contribution in [3.8, 4) is 0 Å².